The SMILES string of the molecule is CNC(=O)c1ccc(Oc2ccc(Cl)cc2Br)c(N)c1. The maximum absolute atomic E-state index is 11.5. The molecule has 0 spiro atoms. The molecule has 104 valence electrons. The summed E-state index contributed by atoms with van der Waals surface area (Å²) in [4.78, 5) is 11.5. The van der Waals surface area contributed by atoms with Gasteiger partial charge in [-0.25, -0.2) is 0 Å². The minimum atomic E-state index is -0.198. The normalized spacial score (nSPS) is 10.2. The van der Waals surface area contributed by atoms with E-state index in [9.17, 15) is 4.79 Å². The highest BCUT2D eigenvalue weighted by Crippen LogP contribution is 2.34. The first-order valence-corrected chi connectivity index (χ1v) is 6.93. The van der Waals surface area contributed by atoms with Crippen LogP contribution in [0.15, 0.2) is 40.9 Å². The van der Waals surface area contributed by atoms with Crippen LogP contribution in [-0.2, 0) is 0 Å². The van der Waals surface area contributed by atoms with Gasteiger partial charge in [-0.1, -0.05) is 11.6 Å². The molecular formula is C14H12BrClN2O2. The van der Waals surface area contributed by atoms with Crippen LogP contribution in [0, 0.1) is 0 Å². The average Bonchev–Trinajstić information content (AvgIpc) is 2.42. The van der Waals surface area contributed by atoms with Crippen LogP contribution >= 0.6 is 27.5 Å². The smallest absolute Gasteiger partial charge is 0.251 e. The van der Waals surface area contributed by atoms with Gasteiger partial charge in [-0.15, -0.1) is 0 Å². The molecule has 4 nitrogen and oxygen atoms in total. The topological polar surface area (TPSA) is 64.3 Å². The second kappa shape index (κ2) is 6.15. The largest absolute Gasteiger partial charge is 0.454 e. The minimum absolute atomic E-state index is 0.198. The first-order chi connectivity index (χ1) is 9.51. The number of nitrogen functional groups attached to an aromatic ring is 1. The van der Waals surface area contributed by atoms with E-state index < -0.39 is 0 Å². The zero-order chi connectivity index (χ0) is 14.7. The van der Waals surface area contributed by atoms with Gasteiger partial charge in [-0.3, -0.25) is 4.79 Å². The Morgan fingerprint density at radius 1 is 1.25 bits per heavy atom. The number of halogens is 2. The van der Waals surface area contributed by atoms with E-state index in [0.29, 0.717) is 27.8 Å². The molecule has 0 radical (unpaired) electrons. The van der Waals surface area contributed by atoms with Gasteiger partial charge in [0.1, 0.15) is 11.5 Å². The molecule has 0 saturated heterocycles. The van der Waals surface area contributed by atoms with E-state index in [0.717, 1.165) is 4.47 Å². The molecule has 2 aromatic rings. The summed E-state index contributed by atoms with van der Waals surface area (Å²) in [6.07, 6.45) is 0. The van der Waals surface area contributed by atoms with Gasteiger partial charge >= 0.3 is 0 Å². The third-order valence-corrected chi connectivity index (χ3v) is 3.47. The molecule has 1 amide bonds. The van der Waals surface area contributed by atoms with Crippen LogP contribution in [-0.4, -0.2) is 13.0 Å². The standard InChI is InChI=1S/C14H12BrClN2O2/c1-18-14(19)8-2-4-13(11(17)6-8)20-12-5-3-9(16)7-10(12)15/h2-7H,17H2,1H3,(H,18,19). The van der Waals surface area contributed by atoms with Crippen molar-refractivity contribution in [3.8, 4) is 11.5 Å². The van der Waals surface area contributed by atoms with E-state index in [1.807, 2.05) is 0 Å². The average molecular weight is 356 g/mol. The van der Waals surface area contributed by atoms with Gasteiger partial charge in [-0.2, -0.15) is 0 Å². The molecule has 0 bridgehead atoms. The van der Waals surface area contributed by atoms with Gasteiger partial charge in [-0.05, 0) is 52.3 Å². The molecule has 0 atom stereocenters. The third-order valence-electron chi connectivity index (χ3n) is 2.61. The van der Waals surface area contributed by atoms with Crippen molar-refractivity contribution in [2.75, 3.05) is 12.8 Å². The number of ether oxygens (including phenoxy) is 1. The van der Waals surface area contributed by atoms with E-state index in [4.69, 9.17) is 22.1 Å². The van der Waals surface area contributed by atoms with Crippen molar-refractivity contribution in [3.05, 3.63) is 51.5 Å². The van der Waals surface area contributed by atoms with Gasteiger partial charge in [0.2, 0.25) is 0 Å². The molecule has 0 aliphatic rings. The summed E-state index contributed by atoms with van der Waals surface area (Å²) in [6, 6.07) is 10.1. The number of carbonyl (C=O) groups is 1. The fraction of sp³-hybridized carbons (Fsp3) is 0.0714. The summed E-state index contributed by atoms with van der Waals surface area (Å²) >= 11 is 9.23. The summed E-state index contributed by atoms with van der Waals surface area (Å²) in [5.41, 5.74) is 6.76. The van der Waals surface area contributed by atoms with Crippen molar-refractivity contribution in [1.82, 2.24) is 5.32 Å². The molecule has 0 saturated carbocycles. The van der Waals surface area contributed by atoms with Gasteiger partial charge in [0, 0.05) is 17.6 Å². The molecule has 6 heteroatoms. The van der Waals surface area contributed by atoms with E-state index in [1.54, 1.807) is 43.4 Å². The monoisotopic (exact) mass is 354 g/mol. The zero-order valence-electron chi connectivity index (χ0n) is 10.6. The fourth-order valence-corrected chi connectivity index (χ4v) is 2.37. The third kappa shape index (κ3) is 3.23. The summed E-state index contributed by atoms with van der Waals surface area (Å²) in [5.74, 6) is 0.866. The van der Waals surface area contributed by atoms with Crippen LogP contribution < -0.4 is 15.8 Å². The maximum atomic E-state index is 11.5. The quantitative estimate of drug-likeness (QED) is 0.822. The molecule has 3 N–H and O–H groups in total. The first kappa shape index (κ1) is 14.7. The lowest BCUT2D eigenvalue weighted by Crippen LogP contribution is -2.17. The van der Waals surface area contributed by atoms with Crippen molar-refractivity contribution >= 4 is 39.1 Å². The summed E-state index contributed by atoms with van der Waals surface area (Å²) in [7, 11) is 1.56. The van der Waals surface area contributed by atoms with E-state index in [2.05, 4.69) is 21.2 Å². The number of hydrogen-bond donors (Lipinski definition) is 2. The molecular weight excluding hydrogens is 344 g/mol. The lowest BCUT2D eigenvalue weighted by Gasteiger charge is -2.11. The Morgan fingerprint density at radius 2 is 1.95 bits per heavy atom. The van der Waals surface area contributed by atoms with Crippen molar-refractivity contribution in [1.29, 1.82) is 0 Å². The van der Waals surface area contributed by atoms with Crippen LogP contribution in [0.1, 0.15) is 10.4 Å². The first-order valence-electron chi connectivity index (χ1n) is 5.76. The predicted octanol–water partition coefficient (Wildman–Crippen LogP) is 3.84. The molecule has 0 aliphatic carbocycles. The Labute approximate surface area is 130 Å². The molecule has 20 heavy (non-hydrogen) atoms. The van der Waals surface area contributed by atoms with Crippen LogP contribution in [0.25, 0.3) is 0 Å². The van der Waals surface area contributed by atoms with E-state index in [1.165, 1.54) is 0 Å². The van der Waals surface area contributed by atoms with Crippen molar-refractivity contribution in [3.63, 3.8) is 0 Å². The predicted molar refractivity (Wildman–Crippen MR) is 83.5 cm³/mol. The molecule has 2 rings (SSSR count). The Hall–Kier alpha value is -1.72. The van der Waals surface area contributed by atoms with Crippen LogP contribution in [0.5, 0.6) is 11.5 Å². The summed E-state index contributed by atoms with van der Waals surface area (Å²) in [6.45, 7) is 0. The minimum Gasteiger partial charge on any atom is -0.454 e. The highest BCUT2D eigenvalue weighted by atomic mass is 79.9. The zero-order valence-corrected chi connectivity index (χ0v) is 13.0. The number of amides is 1. The van der Waals surface area contributed by atoms with Crippen LogP contribution in [0.4, 0.5) is 5.69 Å². The number of nitrogens with two attached hydrogens (primary N) is 1. The number of benzene rings is 2. The Morgan fingerprint density at radius 3 is 2.55 bits per heavy atom. The number of anilines is 1. The van der Waals surface area contributed by atoms with E-state index in [-0.39, 0.29) is 5.91 Å². The van der Waals surface area contributed by atoms with Crippen LogP contribution in [0.3, 0.4) is 0 Å². The Kier molecular flexibility index (Phi) is 4.52. The summed E-state index contributed by atoms with van der Waals surface area (Å²) in [5, 5.41) is 3.14. The van der Waals surface area contributed by atoms with Gasteiger partial charge in [0.25, 0.3) is 5.91 Å². The molecule has 0 aliphatic heterocycles. The highest BCUT2D eigenvalue weighted by molar-refractivity contribution is 9.10. The van der Waals surface area contributed by atoms with Crippen molar-refractivity contribution in [2.45, 2.75) is 0 Å². The highest BCUT2D eigenvalue weighted by Gasteiger charge is 2.09. The lowest BCUT2D eigenvalue weighted by atomic mass is 10.2. The molecule has 0 heterocycles. The Balaban J connectivity index is 2.28. The maximum Gasteiger partial charge on any atom is 0.251 e. The molecule has 0 unspecified atom stereocenters. The number of hydrogen-bond acceptors (Lipinski definition) is 3. The van der Waals surface area contributed by atoms with Crippen molar-refractivity contribution in [2.24, 2.45) is 0 Å². The summed E-state index contributed by atoms with van der Waals surface area (Å²) < 4.78 is 6.42. The van der Waals surface area contributed by atoms with Gasteiger partial charge in [0.05, 0.1) is 10.2 Å². The molecule has 0 aromatic heterocycles. The molecule has 0 fully saturated rings. The lowest BCUT2D eigenvalue weighted by molar-refractivity contribution is 0.0963. The van der Waals surface area contributed by atoms with Crippen molar-refractivity contribution < 1.29 is 9.53 Å². The Bertz CT molecular complexity index is 662. The second-order valence-corrected chi connectivity index (χ2v) is 5.30. The fourth-order valence-electron chi connectivity index (χ4n) is 1.60. The second-order valence-electron chi connectivity index (χ2n) is 4.01. The number of nitrogens with one attached hydrogen (secondary N) is 1. The van der Waals surface area contributed by atoms with Gasteiger partial charge in [0.15, 0.2) is 0 Å². The van der Waals surface area contributed by atoms with E-state index >= 15 is 0 Å². The number of rotatable bonds is 3. The van der Waals surface area contributed by atoms with Gasteiger partial charge < -0.3 is 15.8 Å². The number of carbonyl (C=O) groups excluding carboxylic acids is 1. The molecule has 2 aromatic carbocycles. The van der Waals surface area contributed by atoms with Crippen LogP contribution in [0.2, 0.25) is 5.02 Å².